The predicted octanol–water partition coefficient (Wildman–Crippen LogP) is 0.497. The summed E-state index contributed by atoms with van der Waals surface area (Å²) >= 11 is 0. The fourth-order valence-electron chi connectivity index (χ4n) is 0. The van der Waals surface area contributed by atoms with Crippen molar-refractivity contribution in [1.82, 2.24) is 0 Å². The number of hydrazine groups is 1. The van der Waals surface area contributed by atoms with Crippen molar-refractivity contribution in [2.75, 3.05) is 0 Å². The van der Waals surface area contributed by atoms with Gasteiger partial charge in [-0.1, -0.05) is 13.8 Å². The Hall–Kier alpha value is 0.780. The van der Waals surface area contributed by atoms with E-state index < -0.39 is 0 Å². The fourth-order valence-corrected chi connectivity index (χ4v) is 0. The molecule has 0 radical (unpaired) electrons. The van der Waals surface area contributed by atoms with Gasteiger partial charge in [-0.3, -0.25) is 11.7 Å². The summed E-state index contributed by atoms with van der Waals surface area (Å²) in [4.78, 5) is 0. The van der Waals surface area contributed by atoms with Gasteiger partial charge in [0, 0.05) is 0 Å². The van der Waals surface area contributed by atoms with Crippen molar-refractivity contribution in [3.63, 3.8) is 0 Å². The maximum Gasteiger partial charge on any atom is -0.0683 e. The summed E-state index contributed by atoms with van der Waals surface area (Å²) in [6.45, 7) is 4.00. The van der Waals surface area contributed by atoms with E-state index in [0.29, 0.717) is 0 Å². The van der Waals surface area contributed by atoms with Gasteiger partial charge in [-0.05, 0) is 0 Å². The molecule has 4 N–H and O–H groups in total. The molecule has 4 heteroatoms. The highest BCUT2D eigenvalue weighted by Crippen LogP contribution is 1.86. The van der Waals surface area contributed by atoms with E-state index in [1.165, 1.54) is 0 Å². The summed E-state index contributed by atoms with van der Waals surface area (Å²) in [6, 6.07) is 0. The smallest absolute Gasteiger partial charge is 0.0683 e. The normalized spacial score (nSPS) is 3.00. The third kappa shape index (κ3) is 112. The Balaban J connectivity index is -0.0000000225. The van der Waals surface area contributed by atoms with Gasteiger partial charge in [0.1, 0.15) is 0 Å². The van der Waals surface area contributed by atoms with E-state index in [9.17, 15) is 0 Å². The summed E-state index contributed by atoms with van der Waals surface area (Å²) in [5, 5.41) is 0. The first kappa shape index (κ1) is 15.9. The van der Waals surface area contributed by atoms with Gasteiger partial charge >= 0.3 is 0 Å². The van der Waals surface area contributed by atoms with Gasteiger partial charge in [0.2, 0.25) is 0 Å². The van der Waals surface area contributed by atoms with Crippen LogP contribution < -0.4 is 11.7 Å². The van der Waals surface area contributed by atoms with Crippen molar-refractivity contribution in [3.8, 4) is 0 Å². The molecule has 0 fully saturated rings. The molecular weight excluding hydrogens is 114 g/mol. The van der Waals surface area contributed by atoms with Crippen LogP contribution in [-0.2, 0) is 0 Å². The molecule has 0 aliphatic carbocycles. The van der Waals surface area contributed by atoms with E-state index in [-0.39, 0.29) is 0 Å². The first-order chi connectivity index (χ1) is 3.00. The number of hydrogen-bond donors (Lipinski definition) is 2. The average Bonchev–Trinajstić information content (AvgIpc) is 1.81. The van der Waals surface area contributed by atoms with Crippen LogP contribution in [0.15, 0.2) is 0 Å². The minimum Gasteiger partial charge on any atom is -0.274 e. The molecule has 0 aromatic rings. The van der Waals surface area contributed by atoms with Crippen LogP contribution in [0, 0.1) is 0 Å². The SMILES string of the molecule is CC.NN.PP. The molecule has 0 bridgehead atoms. The second-order valence-corrected chi connectivity index (χ2v) is 0. The largest absolute Gasteiger partial charge is 0.274 e. The van der Waals surface area contributed by atoms with E-state index in [2.05, 4.69) is 29.5 Å². The zero-order valence-corrected chi connectivity index (χ0v) is 6.62. The number of nitrogens with two attached hydrogens (primary N) is 2. The molecule has 0 amide bonds. The summed E-state index contributed by atoms with van der Waals surface area (Å²) in [5.41, 5.74) is 0. The molecule has 42 valence electrons. The van der Waals surface area contributed by atoms with Crippen molar-refractivity contribution < 1.29 is 0 Å². The van der Waals surface area contributed by atoms with Crippen LogP contribution in [0.3, 0.4) is 0 Å². The lowest BCUT2D eigenvalue weighted by atomic mass is 11.0. The molecule has 0 aliphatic rings. The third-order valence-electron chi connectivity index (χ3n) is 0. The molecule has 2 nitrogen and oxygen atoms in total. The van der Waals surface area contributed by atoms with Gasteiger partial charge < -0.3 is 0 Å². The molecule has 0 heterocycles. The van der Waals surface area contributed by atoms with E-state index in [1.54, 1.807) is 0 Å². The second kappa shape index (κ2) is 217. The van der Waals surface area contributed by atoms with Gasteiger partial charge in [-0.25, -0.2) is 0 Å². The zero-order valence-electron chi connectivity index (χ0n) is 4.31. The predicted molar refractivity (Wildman–Crippen MR) is 39.1 cm³/mol. The van der Waals surface area contributed by atoms with Crippen molar-refractivity contribution in [3.05, 3.63) is 0 Å². The Morgan fingerprint density at radius 3 is 1.00 bits per heavy atom. The Morgan fingerprint density at radius 2 is 1.00 bits per heavy atom. The molecule has 0 saturated heterocycles. The van der Waals surface area contributed by atoms with Gasteiger partial charge in [0.05, 0.1) is 0 Å². The molecule has 0 spiro atoms. The molecule has 0 aromatic carbocycles. The lowest BCUT2D eigenvalue weighted by molar-refractivity contribution is 1.26. The quantitative estimate of drug-likeness (QED) is 0.283. The molecule has 2 atom stereocenters. The zero-order chi connectivity index (χ0) is 6.00. The summed E-state index contributed by atoms with van der Waals surface area (Å²) in [7, 11) is 4.67. The summed E-state index contributed by atoms with van der Waals surface area (Å²) in [6.07, 6.45) is 0. The standard InChI is InChI=1S/C2H6.H4N2.H4P2/c3*1-2/h1-2H3;2*1-2H2. The van der Waals surface area contributed by atoms with Crippen LogP contribution in [0.1, 0.15) is 13.8 Å². The Bertz CT molecular complexity index is 9.51. The highest BCUT2D eigenvalue weighted by atomic mass is 32.0. The van der Waals surface area contributed by atoms with Gasteiger partial charge in [-0.2, -0.15) is 0 Å². The lowest BCUT2D eigenvalue weighted by Gasteiger charge is -1.27. The summed E-state index contributed by atoms with van der Waals surface area (Å²) in [5.74, 6) is 8.00. The average molecular weight is 128 g/mol. The van der Waals surface area contributed by atoms with Crippen molar-refractivity contribution in [2.24, 2.45) is 11.7 Å². The molecular formula is C2H14N2P2. The van der Waals surface area contributed by atoms with E-state index >= 15 is 0 Å². The highest BCUT2D eigenvalue weighted by Gasteiger charge is 0.932. The van der Waals surface area contributed by atoms with Crippen LogP contribution in [0.2, 0.25) is 0 Å². The van der Waals surface area contributed by atoms with Crippen molar-refractivity contribution in [2.45, 2.75) is 13.8 Å². The van der Waals surface area contributed by atoms with E-state index in [4.69, 9.17) is 0 Å². The lowest BCUT2D eigenvalue weighted by Crippen LogP contribution is -2.02. The third-order valence-corrected chi connectivity index (χ3v) is 0. The summed E-state index contributed by atoms with van der Waals surface area (Å²) < 4.78 is 0. The van der Waals surface area contributed by atoms with Gasteiger partial charge in [0.25, 0.3) is 0 Å². The minimum atomic E-state index is 2.00. The van der Waals surface area contributed by atoms with E-state index in [1.807, 2.05) is 13.8 Å². The monoisotopic (exact) mass is 128 g/mol. The minimum absolute atomic E-state index is 2.00. The van der Waals surface area contributed by atoms with Crippen LogP contribution in [0.4, 0.5) is 0 Å². The highest BCUT2D eigenvalue weighted by molar-refractivity contribution is 7.92. The van der Waals surface area contributed by atoms with Crippen LogP contribution in [0.25, 0.3) is 0 Å². The maximum absolute atomic E-state index is 4.00. The van der Waals surface area contributed by atoms with Gasteiger partial charge in [0.15, 0.2) is 0 Å². The first-order valence-electron chi connectivity index (χ1n) is 1.67. The maximum atomic E-state index is 4.00. The van der Waals surface area contributed by atoms with Crippen molar-refractivity contribution >= 4 is 17.9 Å². The number of hydrogen-bond acceptors (Lipinski definition) is 2. The molecule has 0 aromatic heterocycles. The molecule has 0 rings (SSSR count). The van der Waals surface area contributed by atoms with Gasteiger partial charge in [-0.15, -0.1) is 17.9 Å². The fraction of sp³-hybridized carbons (Fsp3) is 1.00. The molecule has 0 aliphatic heterocycles. The molecule has 0 saturated carbocycles. The van der Waals surface area contributed by atoms with Crippen LogP contribution in [0.5, 0.6) is 0 Å². The van der Waals surface area contributed by atoms with E-state index in [0.717, 1.165) is 0 Å². The topological polar surface area (TPSA) is 52.0 Å². The number of rotatable bonds is 0. The van der Waals surface area contributed by atoms with Crippen LogP contribution >= 0.6 is 17.9 Å². The Morgan fingerprint density at radius 1 is 1.00 bits per heavy atom. The van der Waals surface area contributed by atoms with Crippen LogP contribution in [-0.4, -0.2) is 0 Å². The Labute approximate surface area is 44.3 Å². The second-order valence-electron chi connectivity index (χ2n) is 0. The molecule has 6 heavy (non-hydrogen) atoms. The van der Waals surface area contributed by atoms with Crippen molar-refractivity contribution in [1.29, 1.82) is 0 Å². The first-order valence-corrected chi connectivity index (χ1v) is 4.33. The Kier molecular flexibility index (Phi) is 574. The molecule has 2 unspecified atom stereocenters.